The summed E-state index contributed by atoms with van der Waals surface area (Å²) in [6, 6.07) is 8.87. The van der Waals surface area contributed by atoms with E-state index < -0.39 is 0 Å². The van der Waals surface area contributed by atoms with Gasteiger partial charge in [-0.05, 0) is 65.4 Å². The van der Waals surface area contributed by atoms with Gasteiger partial charge < -0.3 is 19.5 Å². The van der Waals surface area contributed by atoms with Gasteiger partial charge in [-0.15, -0.1) is 0 Å². The molecule has 1 aromatic carbocycles. The van der Waals surface area contributed by atoms with Crippen LogP contribution in [-0.2, 0) is 4.79 Å². The third kappa shape index (κ3) is 5.26. The lowest BCUT2D eigenvalue weighted by atomic mass is 10.2. The Morgan fingerprint density at radius 2 is 1.85 bits per heavy atom. The third-order valence-corrected chi connectivity index (χ3v) is 5.27. The number of benzene rings is 1. The van der Waals surface area contributed by atoms with Crippen molar-refractivity contribution < 1.29 is 14.0 Å². The molecule has 3 amide bonds. The number of anilines is 1. The molecule has 6 nitrogen and oxygen atoms in total. The van der Waals surface area contributed by atoms with Crippen molar-refractivity contribution in [3.05, 3.63) is 56.5 Å². The summed E-state index contributed by atoms with van der Waals surface area (Å²) in [4.78, 5) is 28.1. The third-order valence-electron chi connectivity index (χ3n) is 4.29. The predicted molar refractivity (Wildman–Crippen MR) is 114 cm³/mol. The number of rotatable bonds is 3. The van der Waals surface area contributed by atoms with Crippen molar-refractivity contribution in [1.29, 1.82) is 0 Å². The average Bonchev–Trinajstić information content (AvgIpc) is 3.08. The van der Waals surface area contributed by atoms with E-state index >= 15 is 0 Å². The number of carbonyl (C=O) groups is 2. The van der Waals surface area contributed by atoms with E-state index in [2.05, 4.69) is 27.9 Å². The van der Waals surface area contributed by atoms with Gasteiger partial charge in [-0.2, -0.15) is 0 Å². The zero-order valence-corrected chi connectivity index (χ0v) is 17.7. The molecule has 0 unspecified atom stereocenters. The van der Waals surface area contributed by atoms with Crippen LogP contribution < -0.4 is 5.32 Å². The molecule has 3 rings (SSSR count). The number of hydrogen-bond acceptors (Lipinski definition) is 3. The summed E-state index contributed by atoms with van der Waals surface area (Å²) in [5.74, 6) is 0.550. The molecule has 0 aliphatic carbocycles. The average molecular weight is 500 g/mol. The second-order valence-corrected chi connectivity index (χ2v) is 7.65. The first-order chi connectivity index (χ1) is 12.9. The maximum Gasteiger partial charge on any atom is 0.321 e. The number of aryl methyl sites for hydroxylation is 1. The van der Waals surface area contributed by atoms with E-state index in [0.29, 0.717) is 42.6 Å². The van der Waals surface area contributed by atoms with Gasteiger partial charge in [0.25, 0.3) is 0 Å². The van der Waals surface area contributed by atoms with Crippen LogP contribution in [-0.4, -0.2) is 47.9 Å². The zero-order chi connectivity index (χ0) is 19.4. The molecule has 0 saturated carbocycles. The van der Waals surface area contributed by atoms with E-state index in [1.165, 1.54) is 6.08 Å². The Kier molecular flexibility index (Phi) is 6.43. The summed E-state index contributed by atoms with van der Waals surface area (Å²) in [6.07, 6.45) is 3.16. The number of nitrogens with zero attached hydrogens (tertiary/aromatic N) is 2. The molecule has 1 fully saturated rings. The molecule has 1 N–H and O–H groups in total. The standard InChI is InChI=1S/C19H19ClIN3O3/c1-13-2-3-14(12-16(13)20)22-19(26)24-10-8-23(9-11-24)18(25)7-5-15-4-6-17(21)27-15/h2-7,12H,8-11H2,1H3,(H,22,26). The summed E-state index contributed by atoms with van der Waals surface area (Å²) in [5, 5.41) is 3.46. The largest absolute Gasteiger partial charge is 0.451 e. The van der Waals surface area contributed by atoms with Crippen LogP contribution in [0.4, 0.5) is 10.5 Å². The van der Waals surface area contributed by atoms with Crippen LogP contribution in [0.25, 0.3) is 6.08 Å². The number of furan rings is 1. The Bertz CT molecular complexity index is 873. The highest BCUT2D eigenvalue weighted by Crippen LogP contribution is 2.20. The van der Waals surface area contributed by atoms with Crippen molar-refractivity contribution in [3.63, 3.8) is 0 Å². The van der Waals surface area contributed by atoms with Gasteiger partial charge in [0, 0.05) is 43.0 Å². The first-order valence-electron chi connectivity index (χ1n) is 8.47. The molecule has 27 heavy (non-hydrogen) atoms. The Hall–Kier alpha value is -2.00. The van der Waals surface area contributed by atoms with Crippen molar-refractivity contribution in [2.45, 2.75) is 6.92 Å². The van der Waals surface area contributed by atoms with E-state index in [1.54, 1.807) is 21.9 Å². The lowest BCUT2D eigenvalue weighted by Gasteiger charge is -2.34. The van der Waals surface area contributed by atoms with Gasteiger partial charge in [0.15, 0.2) is 3.77 Å². The molecule has 2 heterocycles. The summed E-state index contributed by atoms with van der Waals surface area (Å²) >= 11 is 8.16. The highest BCUT2D eigenvalue weighted by Gasteiger charge is 2.23. The first-order valence-corrected chi connectivity index (χ1v) is 9.92. The number of piperazine rings is 1. The summed E-state index contributed by atoms with van der Waals surface area (Å²) in [6.45, 7) is 3.83. The van der Waals surface area contributed by atoms with Crippen molar-refractivity contribution in [1.82, 2.24) is 9.80 Å². The molecular formula is C19H19ClIN3O3. The predicted octanol–water partition coefficient (Wildman–Crippen LogP) is 4.24. The molecule has 1 saturated heterocycles. The molecule has 142 valence electrons. The van der Waals surface area contributed by atoms with Crippen LogP contribution in [0, 0.1) is 10.7 Å². The molecule has 0 radical (unpaired) electrons. The number of nitrogens with one attached hydrogen (secondary N) is 1. The zero-order valence-electron chi connectivity index (χ0n) is 14.7. The lowest BCUT2D eigenvalue weighted by molar-refractivity contribution is -0.127. The van der Waals surface area contributed by atoms with E-state index in [-0.39, 0.29) is 11.9 Å². The van der Waals surface area contributed by atoms with Gasteiger partial charge in [0.2, 0.25) is 5.91 Å². The lowest BCUT2D eigenvalue weighted by Crippen LogP contribution is -2.51. The second kappa shape index (κ2) is 8.79. The van der Waals surface area contributed by atoms with Gasteiger partial charge in [0.05, 0.1) is 0 Å². The van der Waals surface area contributed by atoms with Gasteiger partial charge in [-0.3, -0.25) is 4.79 Å². The number of hydrogen-bond donors (Lipinski definition) is 1. The van der Waals surface area contributed by atoms with Crippen LogP contribution in [0.2, 0.25) is 5.02 Å². The van der Waals surface area contributed by atoms with Crippen LogP contribution in [0.5, 0.6) is 0 Å². The van der Waals surface area contributed by atoms with Crippen LogP contribution in [0.15, 0.2) is 40.8 Å². The van der Waals surface area contributed by atoms with Crippen molar-refractivity contribution in [3.8, 4) is 0 Å². The second-order valence-electron chi connectivity index (χ2n) is 6.18. The normalized spacial score (nSPS) is 14.6. The van der Waals surface area contributed by atoms with Gasteiger partial charge in [-0.1, -0.05) is 17.7 Å². The molecule has 1 aliphatic rings. The van der Waals surface area contributed by atoms with E-state index in [1.807, 2.05) is 31.2 Å². The molecule has 1 aromatic heterocycles. The van der Waals surface area contributed by atoms with E-state index in [4.69, 9.17) is 16.0 Å². The minimum absolute atomic E-state index is 0.0909. The fraction of sp³-hybridized carbons (Fsp3) is 0.263. The topological polar surface area (TPSA) is 65.8 Å². The Morgan fingerprint density at radius 1 is 1.15 bits per heavy atom. The molecule has 1 aliphatic heterocycles. The molecule has 0 atom stereocenters. The number of carbonyl (C=O) groups excluding carboxylic acids is 2. The summed E-state index contributed by atoms with van der Waals surface area (Å²) in [7, 11) is 0. The number of halogens is 2. The smallest absolute Gasteiger partial charge is 0.321 e. The Balaban J connectivity index is 1.50. The van der Waals surface area contributed by atoms with Gasteiger partial charge in [0.1, 0.15) is 5.76 Å². The number of urea groups is 1. The molecule has 8 heteroatoms. The van der Waals surface area contributed by atoms with Crippen molar-refractivity contribution >= 4 is 57.9 Å². The van der Waals surface area contributed by atoms with E-state index in [0.717, 1.165) is 9.33 Å². The Morgan fingerprint density at radius 3 is 2.48 bits per heavy atom. The molecule has 2 aromatic rings. The van der Waals surface area contributed by atoms with Crippen molar-refractivity contribution in [2.24, 2.45) is 0 Å². The highest BCUT2D eigenvalue weighted by molar-refractivity contribution is 14.1. The van der Waals surface area contributed by atoms with Crippen molar-refractivity contribution in [2.75, 3.05) is 31.5 Å². The fourth-order valence-electron chi connectivity index (χ4n) is 2.68. The van der Waals surface area contributed by atoms with E-state index in [9.17, 15) is 9.59 Å². The monoisotopic (exact) mass is 499 g/mol. The first kappa shape index (κ1) is 19.8. The SMILES string of the molecule is Cc1ccc(NC(=O)N2CCN(C(=O)C=Cc3ccc(I)o3)CC2)cc1Cl. The fourth-order valence-corrected chi connectivity index (χ4v) is 3.29. The maximum atomic E-state index is 12.4. The number of amides is 3. The summed E-state index contributed by atoms with van der Waals surface area (Å²) < 4.78 is 6.17. The summed E-state index contributed by atoms with van der Waals surface area (Å²) in [5.41, 5.74) is 1.62. The highest BCUT2D eigenvalue weighted by atomic mass is 127. The quantitative estimate of drug-likeness (QED) is 0.508. The molecule has 0 bridgehead atoms. The Labute approximate surface area is 176 Å². The maximum absolute atomic E-state index is 12.4. The minimum atomic E-state index is -0.192. The van der Waals surface area contributed by atoms with Crippen LogP contribution in [0.1, 0.15) is 11.3 Å². The van der Waals surface area contributed by atoms with Crippen LogP contribution >= 0.6 is 34.2 Å². The van der Waals surface area contributed by atoms with Gasteiger partial charge in [-0.25, -0.2) is 4.79 Å². The van der Waals surface area contributed by atoms with Crippen LogP contribution in [0.3, 0.4) is 0 Å². The molecule has 0 spiro atoms. The minimum Gasteiger partial charge on any atom is -0.451 e. The van der Waals surface area contributed by atoms with Gasteiger partial charge >= 0.3 is 6.03 Å². The molecular weight excluding hydrogens is 481 g/mol.